The number of aliphatic imine (C=N–C) groups is 1. The van der Waals surface area contributed by atoms with Crippen LogP contribution in [0.15, 0.2) is 101 Å². The molecule has 1 fully saturated rings. The van der Waals surface area contributed by atoms with Gasteiger partial charge in [-0.3, -0.25) is 33.9 Å². The molecule has 3 aromatic rings. The maximum atomic E-state index is 14.2. The minimum absolute atomic E-state index is 0.0350. The lowest BCUT2D eigenvalue weighted by atomic mass is 10.1. The standard InChI is InChI=1S/C57H66N6O11/c1-6-14-39-26-42-31-59-46-29-51(50(71-5)28-44(46)54(67)61(42)33-39)73-23-13-9-12-22-72-49-30-47-45(24-36(49)3)55(68)62-34-40(15-7-2)27-48(62)56(69)63(47)57(70)74-35-38-17-19-41(20-18-38)58-32-43(64)16-10-8-11-21-60-52(65)25-37(4)53(60)66/h6-7,14-15,17-20,24,28-31,33-34,37,42,48,56,58,69H,8-13,16,21-23,25-27,32,35H2,1-5H3/b14-6+,15-7+/t37?,42-,48-,56-/m0/s1. The molecule has 8 rings (SSSR count). The summed E-state index contributed by atoms with van der Waals surface area (Å²) < 4.78 is 23.9. The molecule has 0 bridgehead atoms. The number of carbonyl (C=O) groups excluding carboxylic acids is 6. The third kappa shape index (κ3) is 11.9. The van der Waals surface area contributed by atoms with Crippen LogP contribution in [0.4, 0.5) is 21.9 Å². The zero-order valence-corrected chi connectivity index (χ0v) is 42.8. The number of nitrogens with one attached hydrogen (secondary N) is 1. The van der Waals surface area contributed by atoms with Gasteiger partial charge in [-0.15, -0.1) is 0 Å². The van der Waals surface area contributed by atoms with Crippen molar-refractivity contribution in [1.29, 1.82) is 0 Å². The summed E-state index contributed by atoms with van der Waals surface area (Å²) in [5, 5.41) is 15.1. The highest BCUT2D eigenvalue weighted by atomic mass is 16.6. The van der Waals surface area contributed by atoms with E-state index >= 15 is 0 Å². The Morgan fingerprint density at radius 2 is 1.49 bits per heavy atom. The van der Waals surface area contributed by atoms with E-state index < -0.39 is 18.4 Å². The lowest BCUT2D eigenvalue weighted by Crippen LogP contribution is -2.50. The number of hydrogen-bond acceptors (Lipinski definition) is 13. The number of amides is 5. The molecule has 0 spiro atoms. The first kappa shape index (κ1) is 52.8. The van der Waals surface area contributed by atoms with Crippen LogP contribution in [0, 0.1) is 12.8 Å². The Hall–Kier alpha value is -7.53. The molecular formula is C57H66N6O11. The number of ether oxygens (including phenoxy) is 4. The van der Waals surface area contributed by atoms with E-state index in [1.54, 1.807) is 72.8 Å². The van der Waals surface area contributed by atoms with E-state index in [4.69, 9.17) is 18.9 Å². The lowest BCUT2D eigenvalue weighted by Gasteiger charge is -2.31. The van der Waals surface area contributed by atoms with Crippen LogP contribution in [0.5, 0.6) is 17.2 Å². The highest BCUT2D eigenvalue weighted by molar-refractivity contribution is 6.07. The first-order chi connectivity index (χ1) is 35.8. The Balaban J connectivity index is 0.843. The van der Waals surface area contributed by atoms with Gasteiger partial charge in [-0.1, -0.05) is 49.8 Å². The first-order valence-corrected chi connectivity index (χ1v) is 25.6. The van der Waals surface area contributed by atoms with Gasteiger partial charge in [-0.25, -0.2) is 9.69 Å². The van der Waals surface area contributed by atoms with Crippen LogP contribution in [0.3, 0.4) is 0 Å². The zero-order valence-electron chi connectivity index (χ0n) is 42.8. The number of methoxy groups -OCH3 is 1. The predicted octanol–water partition coefficient (Wildman–Crippen LogP) is 9.11. The second-order valence-corrected chi connectivity index (χ2v) is 19.3. The normalized spacial score (nSPS) is 20.1. The molecule has 4 atom stereocenters. The number of carbonyl (C=O) groups is 6. The van der Waals surface area contributed by atoms with Crippen LogP contribution in [0.1, 0.15) is 117 Å². The van der Waals surface area contributed by atoms with Crippen LogP contribution in [-0.4, -0.2) is 113 Å². The maximum absolute atomic E-state index is 14.2. The van der Waals surface area contributed by atoms with Crippen LogP contribution in [-0.2, 0) is 25.7 Å². The van der Waals surface area contributed by atoms with Crippen molar-refractivity contribution in [1.82, 2.24) is 14.7 Å². The number of unbranched alkanes of at least 4 members (excludes halogenated alkanes) is 4. The van der Waals surface area contributed by atoms with Gasteiger partial charge in [0.1, 0.15) is 12.4 Å². The van der Waals surface area contributed by atoms with Crippen LogP contribution in [0.2, 0.25) is 0 Å². The number of aliphatic hydroxyl groups is 1. The summed E-state index contributed by atoms with van der Waals surface area (Å²) in [5.41, 5.74) is 5.31. The number of likely N-dealkylation sites (tertiary alicyclic amines) is 1. The van der Waals surface area contributed by atoms with E-state index in [1.807, 2.05) is 51.3 Å². The molecule has 390 valence electrons. The minimum Gasteiger partial charge on any atom is -0.493 e. The summed E-state index contributed by atoms with van der Waals surface area (Å²) in [5.74, 6) is 0.415. The van der Waals surface area contributed by atoms with E-state index in [2.05, 4.69) is 10.3 Å². The largest absolute Gasteiger partial charge is 0.493 e. The van der Waals surface area contributed by atoms with Gasteiger partial charge in [0.2, 0.25) is 11.8 Å². The van der Waals surface area contributed by atoms with Crippen LogP contribution in [0.25, 0.3) is 0 Å². The second-order valence-electron chi connectivity index (χ2n) is 19.3. The molecule has 0 saturated carbocycles. The van der Waals surface area contributed by atoms with E-state index in [9.17, 15) is 33.9 Å². The highest BCUT2D eigenvalue weighted by Crippen LogP contribution is 2.41. The summed E-state index contributed by atoms with van der Waals surface area (Å²) in [6.07, 6.45) is 16.6. The molecule has 74 heavy (non-hydrogen) atoms. The van der Waals surface area contributed by atoms with Crippen molar-refractivity contribution < 1.29 is 52.8 Å². The number of allylic oxidation sites excluding steroid dienone is 4. The topological polar surface area (TPSA) is 197 Å². The van der Waals surface area contributed by atoms with Crippen molar-refractivity contribution >= 4 is 58.8 Å². The van der Waals surface area contributed by atoms with Crippen molar-refractivity contribution in [3.8, 4) is 17.2 Å². The molecule has 5 amide bonds. The Morgan fingerprint density at radius 1 is 0.797 bits per heavy atom. The summed E-state index contributed by atoms with van der Waals surface area (Å²) in [7, 11) is 1.54. The fraction of sp³-hybridized carbons (Fsp3) is 0.421. The highest BCUT2D eigenvalue weighted by Gasteiger charge is 2.45. The number of hydrogen-bond donors (Lipinski definition) is 2. The number of ketones is 1. The van der Waals surface area contributed by atoms with Gasteiger partial charge in [0.05, 0.1) is 61.5 Å². The average Bonchev–Trinajstić information content (AvgIpc) is 4.05. The van der Waals surface area contributed by atoms with Crippen molar-refractivity contribution in [2.45, 2.75) is 117 Å². The molecule has 17 heteroatoms. The number of benzene rings is 3. The molecule has 1 unspecified atom stereocenters. The summed E-state index contributed by atoms with van der Waals surface area (Å²) in [4.78, 5) is 89.0. The van der Waals surface area contributed by atoms with Gasteiger partial charge in [-0.2, -0.15) is 0 Å². The number of aliphatic hydroxyl groups excluding tert-OH is 1. The van der Waals surface area contributed by atoms with Gasteiger partial charge in [-0.05, 0) is 112 Å². The fourth-order valence-corrected chi connectivity index (χ4v) is 9.86. The molecule has 17 nitrogen and oxygen atoms in total. The van der Waals surface area contributed by atoms with E-state index in [-0.39, 0.29) is 72.2 Å². The van der Waals surface area contributed by atoms with Crippen molar-refractivity contribution in [3.05, 3.63) is 119 Å². The molecule has 5 aliphatic rings. The number of anilines is 2. The molecule has 3 aromatic carbocycles. The van der Waals surface area contributed by atoms with Gasteiger partial charge in [0.25, 0.3) is 11.8 Å². The third-order valence-electron chi connectivity index (χ3n) is 13.8. The molecular weight excluding hydrogens is 945 g/mol. The third-order valence-corrected chi connectivity index (χ3v) is 13.8. The van der Waals surface area contributed by atoms with Crippen molar-refractivity contribution in [3.63, 3.8) is 0 Å². The van der Waals surface area contributed by atoms with Crippen molar-refractivity contribution in [2.24, 2.45) is 10.9 Å². The minimum atomic E-state index is -1.45. The number of imide groups is 1. The SMILES string of the molecule is C/C=C/C1=CN2C(=O)c3cc(OC)c(OCCCCCOc4cc5c(cc4C)C(=O)N4C=C(/C=C/C)C[C@H]4[C@H](O)N5C(=O)OCc4ccc(NCC(=O)CCCCCN5C(=O)CC(C)C5=O)cc4)cc3N=C[C@@H]2C1. The fourth-order valence-electron chi connectivity index (χ4n) is 9.86. The second kappa shape index (κ2) is 24.0. The van der Waals surface area contributed by atoms with Crippen LogP contribution >= 0.6 is 0 Å². The van der Waals surface area contributed by atoms with Crippen LogP contribution < -0.4 is 24.4 Å². The molecule has 5 aliphatic heterocycles. The summed E-state index contributed by atoms with van der Waals surface area (Å²) in [6.45, 7) is 8.52. The van der Waals surface area contributed by atoms with Gasteiger partial charge >= 0.3 is 6.09 Å². The van der Waals surface area contributed by atoms with E-state index in [0.29, 0.717) is 110 Å². The number of Topliss-reactive ketones (excluding diaryl/α,β-unsaturated/α-hetero) is 1. The average molecular weight is 1010 g/mol. The molecule has 1 saturated heterocycles. The number of rotatable bonds is 22. The summed E-state index contributed by atoms with van der Waals surface area (Å²) >= 11 is 0. The Kier molecular flexibility index (Phi) is 17.1. The lowest BCUT2D eigenvalue weighted by molar-refractivity contribution is -0.139. The molecule has 2 N–H and O–H groups in total. The number of fused-ring (bicyclic) bond motifs is 4. The Labute approximate surface area is 432 Å². The van der Waals surface area contributed by atoms with E-state index in [0.717, 1.165) is 28.9 Å². The zero-order chi connectivity index (χ0) is 52.5. The molecule has 5 heterocycles. The van der Waals surface area contributed by atoms with Gasteiger partial charge in [0, 0.05) is 61.7 Å². The first-order valence-electron chi connectivity index (χ1n) is 25.6. The Morgan fingerprint density at radius 3 is 2.19 bits per heavy atom. The van der Waals surface area contributed by atoms with Gasteiger partial charge < -0.3 is 39.2 Å². The quantitative estimate of drug-likeness (QED) is 0.0717. The molecule has 0 radical (unpaired) electrons. The Bertz CT molecular complexity index is 2800. The van der Waals surface area contributed by atoms with Gasteiger partial charge in [0.15, 0.2) is 23.5 Å². The maximum Gasteiger partial charge on any atom is 0.416 e. The molecule has 0 aromatic heterocycles. The smallest absolute Gasteiger partial charge is 0.416 e. The van der Waals surface area contributed by atoms with E-state index in [1.165, 1.54) is 16.9 Å². The summed E-state index contributed by atoms with van der Waals surface area (Å²) in [6, 6.07) is 12.9. The number of nitrogens with zero attached hydrogens (tertiary/aromatic N) is 5. The van der Waals surface area contributed by atoms with Crippen molar-refractivity contribution in [2.75, 3.05) is 43.6 Å². The molecule has 0 aliphatic carbocycles. The monoisotopic (exact) mass is 1010 g/mol. The predicted molar refractivity (Wildman–Crippen MR) is 280 cm³/mol. The number of aryl methyl sites for hydroxylation is 1.